The molecule has 0 aromatic heterocycles. The summed E-state index contributed by atoms with van der Waals surface area (Å²) in [7, 11) is 0. The third kappa shape index (κ3) is 3.32. The van der Waals surface area contributed by atoms with Gasteiger partial charge in [-0.3, -0.25) is 14.6 Å². The van der Waals surface area contributed by atoms with Gasteiger partial charge in [-0.1, -0.05) is 0 Å². The summed E-state index contributed by atoms with van der Waals surface area (Å²) < 4.78 is 0. The van der Waals surface area contributed by atoms with Gasteiger partial charge in [-0.2, -0.15) is 0 Å². The first-order valence-corrected chi connectivity index (χ1v) is 8.10. The fourth-order valence-electron chi connectivity index (χ4n) is 3.67. The average Bonchev–Trinajstić information content (AvgIpc) is 3.11. The second-order valence-corrected chi connectivity index (χ2v) is 6.76. The maximum Gasteiger partial charge on any atom is 0.320 e. The van der Waals surface area contributed by atoms with Crippen LogP contribution in [0.3, 0.4) is 0 Å². The first-order valence-electron chi connectivity index (χ1n) is 8.10. The highest BCUT2D eigenvalue weighted by Crippen LogP contribution is 2.25. The molecule has 2 aliphatic heterocycles. The zero-order valence-corrected chi connectivity index (χ0v) is 12.4. The molecule has 5 heteroatoms. The van der Waals surface area contributed by atoms with E-state index in [2.05, 4.69) is 22.0 Å². The number of fused-ring (bicyclic) bond motifs is 1. The maximum absolute atomic E-state index is 11.3. The van der Waals surface area contributed by atoms with E-state index in [-0.39, 0.29) is 6.04 Å². The molecule has 3 fully saturated rings. The quantitative estimate of drug-likeness (QED) is 0.752. The Kier molecular flexibility index (Phi) is 4.29. The monoisotopic (exact) mass is 281 g/mol. The van der Waals surface area contributed by atoms with E-state index in [1.165, 1.54) is 19.4 Å². The van der Waals surface area contributed by atoms with Crippen LogP contribution in [0, 0.1) is 0 Å². The van der Waals surface area contributed by atoms with Gasteiger partial charge in [0, 0.05) is 37.8 Å². The number of hydrogen-bond donors (Lipinski definition) is 2. The van der Waals surface area contributed by atoms with Crippen molar-refractivity contribution in [1.82, 2.24) is 15.1 Å². The van der Waals surface area contributed by atoms with Crippen LogP contribution < -0.4 is 5.32 Å². The lowest BCUT2D eigenvalue weighted by Gasteiger charge is -2.42. The molecular weight excluding hydrogens is 254 g/mol. The normalized spacial score (nSPS) is 33.0. The summed E-state index contributed by atoms with van der Waals surface area (Å²) in [4.78, 5) is 16.4. The Hall–Kier alpha value is -0.650. The van der Waals surface area contributed by atoms with Crippen molar-refractivity contribution in [3.05, 3.63) is 0 Å². The van der Waals surface area contributed by atoms with Crippen LogP contribution in [0.15, 0.2) is 0 Å². The van der Waals surface area contributed by atoms with Crippen molar-refractivity contribution in [1.29, 1.82) is 0 Å². The molecule has 0 radical (unpaired) electrons. The molecule has 20 heavy (non-hydrogen) atoms. The number of nitrogens with zero attached hydrogens (tertiary/aromatic N) is 2. The molecule has 2 N–H and O–H groups in total. The molecule has 0 aromatic carbocycles. The second-order valence-electron chi connectivity index (χ2n) is 6.76. The second kappa shape index (κ2) is 6.00. The van der Waals surface area contributed by atoms with Gasteiger partial charge in [-0.15, -0.1) is 0 Å². The fourth-order valence-corrected chi connectivity index (χ4v) is 3.67. The van der Waals surface area contributed by atoms with E-state index in [9.17, 15) is 9.90 Å². The Bertz CT molecular complexity index is 359. The van der Waals surface area contributed by atoms with E-state index < -0.39 is 5.97 Å². The van der Waals surface area contributed by atoms with Crippen molar-refractivity contribution in [2.75, 3.05) is 26.2 Å². The summed E-state index contributed by atoms with van der Waals surface area (Å²) in [6.07, 6.45) is 5.64. The van der Waals surface area contributed by atoms with E-state index in [0.717, 1.165) is 38.9 Å². The summed E-state index contributed by atoms with van der Waals surface area (Å²) in [5.74, 6) is -0.691. The van der Waals surface area contributed by atoms with Crippen LogP contribution >= 0.6 is 0 Å². The minimum atomic E-state index is -0.691. The average molecular weight is 281 g/mol. The number of aliphatic carboxylic acids is 1. The first kappa shape index (κ1) is 14.3. The lowest BCUT2D eigenvalue weighted by molar-refractivity contribution is -0.139. The van der Waals surface area contributed by atoms with Crippen molar-refractivity contribution >= 4 is 5.97 Å². The molecule has 1 aliphatic carbocycles. The molecule has 0 bridgehead atoms. The van der Waals surface area contributed by atoms with Crippen molar-refractivity contribution in [3.63, 3.8) is 0 Å². The Morgan fingerprint density at radius 2 is 2.15 bits per heavy atom. The summed E-state index contributed by atoms with van der Waals surface area (Å²) in [5.41, 5.74) is 0. The molecule has 0 aromatic rings. The number of nitrogens with one attached hydrogen (secondary N) is 1. The molecule has 3 unspecified atom stereocenters. The summed E-state index contributed by atoms with van der Waals surface area (Å²) in [6, 6.07) is 1.36. The van der Waals surface area contributed by atoms with Gasteiger partial charge in [0.1, 0.15) is 6.04 Å². The lowest BCUT2D eigenvalue weighted by Crippen LogP contribution is -2.55. The zero-order valence-electron chi connectivity index (χ0n) is 12.4. The van der Waals surface area contributed by atoms with Crippen LogP contribution in [0.2, 0.25) is 0 Å². The molecular formula is C15H27N3O2. The highest BCUT2D eigenvalue weighted by molar-refractivity contribution is 5.73. The van der Waals surface area contributed by atoms with Crippen LogP contribution in [0.25, 0.3) is 0 Å². The predicted molar refractivity (Wildman–Crippen MR) is 77.8 cm³/mol. The molecule has 1 saturated carbocycles. The Balaban J connectivity index is 1.49. The number of carboxylic acids is 1. The highest BCUT2D eigenvalue weighted by Gasteiger charge is 2.35. The molecule has 3 rings (SSSR count). The summed E-state index contributed by atoms with van der Waals surface area (Å²) in [6.45, 7) is 6.71. The first-order chi connectivity index (χ1) is 9.63. The number of hydrogen-bond acceptors (Lipinski definition) is 4. The van der Waals surface area contributed by atoms with Crippen molar-refractivity contribution in [2.24, 2.45) is 0 Å². The topological polar surface area (TPSA) is 55.8 Å². The number of piperazine rings is 1. The van der Waals surface area contributed by atoms with Crippen molar-refractivity contribution in [3.8, 4) is 0 Å². The number of rotatable bonds is 6. The van der Waals surface area contributed by atoms with E-state index in [1.807, 2.05) is 0 Å². The van der Waals surface area contributed by atoms with Gasteiger partial charge in [-0.05, 0) is 45.6 Å². The molecule has 114 valence electrons. The van der Waals surface area contributed by atoms with E-state index in [1.54, 1.807) is 0 Å². The SMILES string of the molecule is CC1CN2CCCC2CN1CCC(NC1CC1)C(=O)O. The molecule has 5 nitrogen and oxygen atoms in total. The summed E-state index contributed by atoms with van der Waals surface area (Å²) >= 11 is 0. The van der Waals surface area contributed by atoms with Crippen molar-refractivity contribution in [2.45, 2.75) is 63.2 Å². The molecule has 3 aliphatic rings. The van der Waals surface area contributed by atoms with Crippen LogP contribution in [-0.4, -0.2) is 71.2 Å². The van der Waals surface area contributed by atoms with Crippen LogP contribution in [0.5, 0.6) is 0 Å². The zero-order chi connectivity index (χ0) is 14.1. The molecule has 2 heterocycles. The molecule has 0 amide bonds. The number of carbonyl (C=O) groups is 1. The Morgan fingerprint density at radius 3 is 2.85 bits per heavy atom. The van der Waals surface area contributed by atoms with Gasteiger partial charge < -0.3 is 10.4 Å². The predicted octanol–water partition coefficient (Wildman–Crippen LogP) is 0.750. The van der Waals surface area contributed by atoms with Gasteiger partial charge in [0.25, 0.3) is 0 Å². The maximum atomic E-state index is 11.3. The minimum absolute atomic E-state index is 0.365. The third-order valence-corrected chi connectivity index (χ3v) is 5.08. The van der Waals surface area contributed by atoms with Gasteiger partial charge in [0.2, 0.25) is 0 Å². The fraction of sp³-hybridized carbons (Fsp3) is 0.933. The standard InChI is InChI=1S/C15H27N3O2/c1-11-9-18-7-2-3-13(18)10-17(11)8-6-14(15(19)20)16-12-4-5-12/h11-14,16H,2-10H2,1H3,(H,19,20). The molecule has 3 atom stereocenters. The van der Waals surface area contributed by atoms with Gasteiger partial charge in [0.15, 0.2) is 0 Å². The molecule has 2 saturated heterocycles. The van der Waals surface area contributed by atoms with Crippen LogP contribution in [0.4, 0.5) is 0 Å². The molecule has 0 spiro atoms. The van der Waals surface area contributed by atoms with Gasteiger partial charge in [-0.25, -0.2) is 0 Å². The highest BCUT2D eigenvalue weighted by atomic mass is 16.4. The Morgan fingerprint density at radius 1 is 1.35 bits per heavy atom. The van der Waals surface area contributed by atoms with E-state index in [0.29, 0.717) is 18.1 Å². The van der Waals surface area contributed by atoms with Gasteiger partial charge >= 0.3 is 5.97 Å². The Labute approximate surface area is 121 Å². The van der Waals surface area contributed by atoms with Gasteiger partial charge in [0.05, 0.1) is 0 Å². The lowest BCUT2D eigenvalue weighted by atomic mass is 10.1. The smallest absolute Gasteiger partial charge is 0.320 e. The van der Waals surface area contributed by atoms with Crippen LogP contribution in [0.1, 0.15) is 39.0 Å². The van der Waals surface area contributed by atoms with Crippen molar-refractivity contribution < 1.29 is 9.90 Å². The van der Waals surface area contributed by atoms with Crippen LogP contribution in [-0.2, 0) is 4.79 Å². The minimum Gasteiger partial charge on any atom is -0.480 e. The third-order valence-electron chi connectivity index (χ3n) is 5.08. The summed E-state index contributed by atoms with van der Waals surface area (Å²) in [5, 5.41) is 12.6. The number of carboxylic acid groups (broad SMARTS) is 1. The largest absolute Gasteiger partial charge is 0.480 e. The van der Waals surface area contributed by atoms with E-state index in [4.69, 9.17) is 0 Å². The van der Waals surface area contributed by atoms with E-state index >= 15 is 0 Å².